The SMILES string of the molecule is CC(O)C1(c2ccc(-n3cccn3)cc2)CC1. The molecule has 1 aliphatic carbocycles. The van der Waals surface area contributed by atoms with Gasteiger partial charge < -0.3 is 5.11 Å². The Balaban J connectivity index is 1.91. The van der Waals surface area contributed by atoms with Crippen molar-refractivity contribution in [3.63, 3.8) is 0 Å². The Morgan fingerprint density at radius 3 is 2.47 bits per heavy atom. The molecule has 1 aromatic heterocycles. The Bertz CT molecular complexity index is 496. The maximum Gasteiger partial charge on any atom is 0.0645 e. The minimum absolute atomic E-state index is 0.0165. The summed E-state index contributed by atoms with van der Waals surface area (Å²) in [6.45, 7) is 1.88. The number of hydrogen-bond acceptors (Lipinski definition) is 2. The lowest BCUT2D eigenvalue weighted by molar-refractivity contribution is 0.150. The van der Waals surface area contributed by atoms with E-state index >= 15 is 0 Å². The van der Waals surface area contributed by atoms with Gasteiger partial charge in [-0.05, 0) is 43.5 Å². The molecule has 1 aromatic carbocycles. The van der Waals surface area contributed by atoms with Crippen molar-refractivity contribution in [1.82, 2.24) is 9.78 Å². The third-order valence-corrected chi connectivity index (χ3v) is 3.80. The average molecular weight is 228 g/mol. The Labute approximate surface area is 101 Å². The normalized spacial score (nSPS) is 18.9. The molecule has 3 heteroatoms. The van der Waals surface area contributed by atoms with E-state index in [-0.39, 0.29) is 11.5 Å². The molecule has 1 fully saturated rings. The van der Waals surface area contributed by atoms with Gasteiger partial charge in [0.25, 0.3) is 0 Å². The van der Waals surface area contributed by atoms with Crippen LogP contribution < -0.4 is 0 Å². The van der Waals surface area contributed by atoms with Crippen LogP contribution in [0.4, 0.5) is 0 Å². The Morgan fingerprint density at radius 2 is 2.00 bits per heavy atom. The molecule has 2 aromatic rings. The van der Waals surface area contributed by atoms with Crippen LogP contribution in [0.15, 0.2) is 42.7 Å². The summed E-state index contributed by atoms with van der Waals surface area (Å²) in [6, 6.07) is 10.2. The number of rotatable bonds is 3. The predicted molar refractivity (Wildman–Crippen MR) is 66.2 cm³/mol. The monoisotopic (exact) mass is 228 g/mol. The van der Waals surface area contributed by atoms with Crippen LogP contribution in [-0.2, 0) is 5.41 Å². The fourth-order valence-corrected chi connectivity index (χ4v) is 2.45. The summed E-state index contributed by atoms with van der Waals surface area (Å²) in [5.74, 6) is 0. The number of aliphatic hydroxyl groups is 1. The maximum atomic E-state index is 9.83. The molecule has 3 nitrogen and oxygen atoms in total. The average Bonchev–Trinajstić information content (AvgIpc) is 2.98. The third-order valence-electron chi connectivity index (χ3n) is 3.80. The van der Waals surface area contributed by atoms with Crippen molar-refractivity contribution in [3.8, 4) is 5.69 Å². The van der Waals surface area contributed by atoms with Gasteiger partial charge in [0.1, 0.15) is 0 Å². The van der Waals surface area contributed by atoms with Crippen LogP contribution in [0.1, 0.15) is 25.3 Å². The van der Waals surface area contributed by atoms with Crippen molar-refractivity contribution < 1.29 is 5.11 Å². The zero-order chi connectivity index (χ0) is 11.9. The molecule has 1 heterocycles. The molecular formula is C14H16N2O. The smallest absolute Gasteiger partial charge is 0.0645 e. The van der Waals surface area contributed by atoms with E-state index in [1.807, 2.05) is 23.9 Å². The molecule has 0 bridgehead atoms. The third kappa shape index (κ3) is 1.67. The molecule has 1 aliphatic rings. The first-order valence-corrected chi connectivity index (χ1v) is 6.01. The van der Waals surface area contributed by atoms with E-state index in [0.717, 1.165) is 18.5 Å². The van der Waals surface area contributed by atoms with Crippen molar-refractivity contribution in [3.05, 3.63) is 48.3 Å². The summed E-state index contributed by atoms with van der Waals surface area (Å²) in [6.07, 6.45) is 5.61. The van der Waals surface area contributed by atoms with Gasteiger partial charge in [-0.2, -0.15) is 5.10 Å². The van der Waals surface area contributed by atoms with Crippen molar-refractivity contribution in [2.24, 2.45) is 0 Å². The lowest BCUT2D eigenvalue weighted by Crippen LogP contribution is -2.22. The van der Waals surface area contributed by atoms with E-state index in [1.54, 1.807) is 6.20 Å². The first-order chi connectivity index (χ1) is 8.22. The van der Waals surface area contributed by atoms with Crippen LogP contribution >= 0.6 is 0 Å². The molecule has 17 heavy (non-hydrogen) atoms. The molecule has 0 saturated heterocycles. The lowest BCUT2D eigenvalue weighted by Gasteiger charge is -2.19. The van der Waals surface area contributed by atoms with Gasteiger partial charge in [0, 0.05) is 17.8 Å². The molecule has 1 N–H and O–H groups in total. The van der Waals surface area contributed by atoms with Gasteiger partial charge in [0.2, 0.25) is 0 Å². The second-order valence-electron chi connectivity index (χ2n) is 4.83. The fourth-order valence-electron chi connectivity index (χ4n) is 2.45. The fraction of sp³-hybridized carbons (Fsp3) is 0.357. The van der Waals surface area contributed by atoms with Gasteiger partial charge in [-0.1, -0.05) is 12.1 Å². The van der Waals surface area contributed by atoms with Crippen LogP contribution in [-0.4, -0.2) is 21.0 Å². The first-order valence-electron chi connectivity index (χ1n) is 6.01. The van der Waals surface area contributed by atoms with Crippen LogP contribution in [0.2, 0.25) is 0 Å². The highest BCUT2D eigenvalue weighted by Gasteiger charge is 2.48. The van der Waals surface area contributed by atoms with Crippen LogP contribution in [0.25, 0.3) is 5.69 Å². The summed E-state index contributed by atoms with van der Waals surface area (Å²) < 4.78 is 1.84. The van der Waals surface area contributed by atoms with Crippen LogP contribution in [0.3, 0.4) is 0 Å². The minimum atomic E-state index is -0.266. The number of aromatic nitrogens is 2. The second kappa shape index (κ2) is 3.70. The highest BCUT2D eigenvalue weighted by atomic mass is 16.3. The Kier molecular flexibility index (Phi) is 2.30. The molecule has 0 spiro atoms. The topological polar surface area (TPSA) is 38.0 Å². The van der Waals surface area contributed by atoms with E-state index in [1.165, 1.54) is 5.56 Å². The molecule has 0 aliphatic heterocycles. The molecule has 1 saturated carbocycles. The second-order valence-corrected chi connectivity index (χ2v) is 4.83. The molecule has 88 valence electrons. The quantitative estimate of drug-likeness (QED) is 0.875. The summed E-state index contributed by atoms with van der Waals surface area (Å²) >= 11 is 0. The number of hydrogen-bond donors (Lipinski definition) is 1. The molecule has 1 atom stereocenters. The highest BCUT2D eigenvalue weighted by Crippen LogP contribution is 2.50. The molecule has 1 unspecified atom stereocenters. The van der Waals surface area contributed by atoms with Crippen LogP contribution in [0, 0.1) is 0 Å². The van der Waals surface area contributed by atoms with Crippen molar-refractivity contribution in [2.45, 2.75) is 31.3 Å². The largest absolute Gasteiger partial charge is 0.392 e. The molecular weight excluding hydrogens is 212 g/mol. The lowest BCUT2D eigenvalue weighted by atomic mass is 9.91. The molecule has 0 amide bonds. The van der Waals surface area contributed by atoms with Gasteiger partial charge in [-0.25, -0.2) is 4.68 Å². The summed E-state index contributed by atoms with van der Waals surface area (Å²) in [4.78, 5) is 0. The zero-order valence-electron chi connectivity index (χ0n) is 9.87. The zero-order valence-corrected chi connectivity index (χ0v) is 9.87. The van der Waals surface area contributed by atoms with E-state index < -0.39 is 0 Å². The van der Waals surface area contributed by atoms with E-state index in [0.29, 0.717) is 0 Å². The van der Waals surface area contributed by atoms with E-state index in [2.05, 4.69) is 29.4 Å². The van der Waals surface area contributed by atoms with Gasteiger partial charge in [-0.15, -0.1) is 0 Å². The van der Waals surface area contributed by atoms with Gasteiger partial charge in [0.05, 0.1) is 11.8 Å². The highest BCUT2D eigenvalue weighted by molar-refractivity contribution is 5.40. The van der Waals surface area contributed by atoms with Crippen LogP contribution in [0.5, 0.6) is 0 Å². The number of aliphatic hydroxyl groups excluding tert-OH is 1. The van der Waals surface area contributed by atoms with Crippen molar-refractivity contribution >= 4 is 0 Å². The van der Waals surface area contributed by atoms with Crippen molar-refractivity contribution in [1.29, 1.82) is 0 Å². The van der Waals surface area contributed by atoms with Gasteiger partial charge in [0.15, 0.2) is 0 Å². The van der Waals surface area contributed by atoms with E-state index in [4.69, 9.17) is 0 Å². The maximum absolute atomic E-state index is 9.83. The standard InChI is InChI=1S/C14H16N2O/c1-11(17)14(7-8-14)12-3-5-13(6-4-12)16-10-2-9-15-16/h2-6,9-11,17H,7-8H2,1H3. The number of benzene rings is 1. The summed E-state index contributed by atoms with van der Waals surface area (Å²) in [5, 5.41) is 14.0. The molecule has 0 radical (unpaired) electrons. The Hall–Kier alpha value is -1.61. The predicted octanol–water partition coefficient (Wildman–Crippen LogP) is 2.28. The summed E-state index contributed by atoms with van der Waals surface area (Å²) in [5.41, 5.74) is 2.31. The Morgan fingerprint density at radius 1 is 1.29 bits per heavy atom. The van der Waals surface area contributed by atoms with Gasteiger partial charge >= 0.3 is 0 Å². The van der Waals surface area contributed by atoms with Crippen molar-refractivity contribution in [2.75, 3.05) is 0 Å². The summed E-state index contributed by atoms with van der Waals surface area (Å²) in [7, 11) is 0. The van der Waals surface area contributed by atoms with Gasteiger partial charge in [-0.3, -0.25) is 0 Å². The van der Waals surface area contributed by atoms with E-state index in [9.17, 15) is 5.11 Å². The molecule has 3 rings (SSSR count). The first kappa shape index (κ1) is 10.5. The number of nitrogens with zero attached hydrogens (tertiary/aromatic N) is 2. The minimum Gasteiger partial charge on any atom is -0.392 e.